The molecule has 0 bridgehead atoms. The van der Waals surface area contributed by atoms with E-state index in [1.54, 1.807) is 24.5 Å². The monoisotopic (exact) mass is 271 g/mol. The lowest BCUT2D eigenvalue weighted by Gasteiger charge is -2.13. The SMILES string of the molecule is COCC1NC(=O)N(c2ccc3cnccc3c2)C1=O. The number of benzene rings is 1. The first-order chi connectivity index (χ1) is 9.70. The first-order valence-electron chi connectivity index (χ1n) is 6.18. The highest BCUT2D eigenvalue weighted by Crippen LogP contribution is 2.24. The number of carbonyl (C=O) groups is 2. The number of carbonyl (C=O) groups excluding carboxylic acids is 2. The van der Waals surface area contributed by atoms with E-state index < -0.39 is 12.1 Å². The summed E-state index contributed by atoms with van der Waals surface area (Å²) in [5.74, 6) is -0.301. The minimum atomic E-state index is -0.624. The fourth-order valence-corrected chi connectivity index (χ4v) is 2.27. The average Bonchev–Trinajstić information content (AvgIpc) is 2.73. The van der Waals surface area contributed by atoms with Crippen LogP contribution in [0.4, 0.5) is 10.5 Å². The molecule has 2 heterocycles. The van der Waals surface area contributed by atoms with E-state index in [0.717, 1.165) is 15.7 Å². The number of fused-ring (bicyclic) bond motifs is 1. The third-order valence-electron chi connectivity index (χ3n) is 3.23. The van der Waals surface area contributed by atoms with Gasteiger partial charge in [-0.15, -0.1) is 0 Å². The first-order valence-corrected chi connectivity index (χ1v) is 6.18. The molecule has 2 aromatic rings. The van der Waals surface area contributed by atoms with Crippen LogP contribution in [0.15, 0.2) is 36.7 Å². The number of hydrogen-bond acceptors (Lipinski definition) is 4. The Morgan fingerprint density at radius 2 is 2.15 bits per heavy atom. The zero-order valence-electron chi connectivity index (χ0n) is 10.9. The largest absolute Gasteiger partial charge is 0.382 e. The van der Waals surface area contributed by atoms with Gasteiger partial charge in [-0.3, -0.25) is 9.78 Å². The predicted molar refractivity (Wildman–Crippen MR) is 73.4 cm³/mol. The Morgan fingerprint density at radius 3 is 2.95 bits per heavy atom. The summed E-state index contributed by atoms with van der Waals surface area (Å²) in [6.45, 7) is 0.165. The van der Waals surface area contributed by atoms with Gasteiger partial charge >= 0.3 is 6.03 Å². The number of anilines is 1. The lowest BCUT2D eigenvalue weighted by atomic mass is 10.1. The minimum absolute atomic E-state index is 0.165. The average molecular weight is 271 g/mol. The molecule has 1 atom stereocenters. The summed E-state index contributed by atoms with van der Waals surface area (Å²) in [7, 11) is 1.49. The highest BCUT2D eigenvalue weighted by atomic mass is 16.5. The number of hydrogen-bond donors (Lipinski definition) is 1. The molecule has 102 valence electrons. The maximum absolute atomic E-state index is 12.2. The molecule has 6 heteroatoms. The lowest BCUT2D eigenvalue weighted by molar-refractivity contribution is -0.119. The van der Waals surface area contributed by atoms with Gasteiger partial charge in [-0.25, -0.2) is 9.69 Å². The Labute approximate surface area is 115 Å². The van der Waals surface area contributed by atoms with E-state index in [-0.39, 0.29) is 12.5 Å². The molecule has 1 aliphatic heterocycles. The van der Waals surface area contributed by atoms with Gasteiger partial charge in [0.25, 0.3) is 5.91 Å². The topological polar surface area (TPSA) is 71.5 Å². The summed E-state index contributed by atoms with van der Waals surface area (Å²) < 4.78 is 4.93. The molecule has 0 aliphatic carbocycles. The van der Waals surface area contributed by atoms with Gasteiger partial charge in [-0.2, -0.15) is 0 Å². The standard InChI is InChI=1S/C14H13N3O3/c1-20-8-12-13(18)17(14(19)16-12)11-3-2-10-7-15-5-4-9(10)6-11/h2-7,12H,8H2,1H3,(H,16,19). The lowest BCUT2D eigenvalue weighted by Crippen LogP contribution is -2.34. The van der Waals surface area contributed by atoms with Crippen LogP contribution in [-0.4, -0.2) is 36.7 Å². The number of nitrogens with one attached hydrogen (secondary N) is 1. The number of ether oxygens (including phenoxy) is 1. The maximum Gasteiger partial charge on any atom is 0.329 e. The van der Waals surface area contributed by atoms with Crippen LogP contribution < -0.4 is 10.2 Å². The van der Waals surface area contributed by atoms with Crippen molar-refractivity contribution < 1.29 is 14.3 Å². The molecule has 3 rings (SSSR count). The third kappa shape index (κ3) is 2.00. The summed E-state index contributed by atoms with van der Waals surface area (Å²) in [6.07, 6.45) is 3.41. The van der Waals surface area contributed by atoms with Crippen molar-refractivity contribution in [2.45, 2.75) is 6.04 Å². The van der Waals surface area contributed by atoms with E-state index in [0.29, 0.717) is 5.69 Å². The third-order valence-corrected chi connectivity index (χ3v) is 3.23. The molecule has 1 aliphatic rings. The number of aromatic nitrogens is 1. The zero-order chi connectivity index (χ0) is 14.1. The van der Waals surface area contributed by atoms with Crippen molar-refractivity contribution in [1.82, 2.24) is 10.3 Å². The molecule has 1 saturated heterocycles. The Kier molecular flexibility index (Phi) is 3.08. The van der Waals surface area contributed by atoms with Crippen LogP contribution in [-0.2, 0) is 9.53 Å². The van der Waals surface area contributed by atoms with E-state index in [1.165, 1.54) is 7.11 Å². The van der Waals surface area contributed by atoms with Crippen LogP contribution in [0.3, 0.4) is 0 Å². The quantitative estimate of drug-likeness (QED) is 0.854. The Morgan fingerprint density at radius 1 is 1.30 bits per heavy atom. The summed E-state index contributed by atoms with van der Waals surface area (Å²) in [5, 5.41) is 4.48. The van der Waals surface area contributed by atoms with Crippen LogP contribution in [0.1, 0.15) is 0 Å². The Balaban J connectivity index is 1.98. The van der Waals surface area contributed by atoms with E-state index in [2.05, 4.69) is 10.3 Å². The number of rotatable bonds is 3. The summed E-state index contributed by atoms with van der Waals surface area (Å²) in [4.78, 5) is 29.3. The van der Waals surface area contributed by atoms with Crippen molar-refractivity contribution in [2.24, 2.45) is 0 Å². The molecule has 1 fully saturated rings. The molecule has 0 saturated carbocycles. The van der Waals surface area contributed by atoms with E-state index in [1.807, 2.05) is 12.1 Å². The molecule has 0 spiro atoms. The fraction of sp³-hybridized carbons (Fsp3) is 0.214. The number of imide groups is 1. The molecular formula is C14H13N3O3. The Hall–Kier alpha value is -2.47. The molecule has 1 unspecified atom stereocenters. The summed E-state index contributed by atoms with van der Waals surface area (Å²) in [5.41, 5.74) is 0.546. The van der Waals surface area contributed by atoms with Gasteiger partial charge in [-0.05, 0) is 23.6 Å². The molecule has 0 radical (unpaired) electrons. The van der Waals surface area contributed by atoms with E-state index in [9.17, 15) is 9.59 Å². The van der Waals surface area contributed by atoms with Crippen LogP contribution >= 0.6 is 0 Å². The van der Waals surface area contributed by atoms with Gasteiger partial charge in [0.2, 0.25) is 0 Å². The van der Waals surface area contributed by atoms with Crippen molar-refractivity contribution >= 4 is 28.4 Å². The van der Waals surface area contributed by atoms with Crippen LogP contribution in [0.2, 0.25) is 0 Å². The molecule has 20 heavy (non-hydrogen) atoms. The van der Waals surface area contributed by atoms with Gasteiger partial charge in [0.05, 0.1) is 12.3 Å². The second kappa shape index (κ2) is 4.90. The molecule has 1 N–H and O–H groups in total. The van der Waals surface area contributed by atoms with Gasteiger partial charge in [0, 0.05) is 24.9 Å². The maximum atomic E-state index is 12.2. The molecule has 3 amide bonds. The number of urea groups is 1. The molecule has 1 aromatic carbocycles. The number of methoxy groups -OCH3 is 1. The van der Waals surface area contributed by atoms with Crippen molar-refractivity contribution in [3.05, 3.63) is 36.7 Å². The number of pyridine rings is 1. The predicted octanol–water partition coefficient (Wildman–Crippen LogP) is 1.31. The number of amides is 3. The summed E-state index contributed by atoms with van der Waals surface area (Å²) in [6, 6.07) is 6.15. The van der Waals surface area contributed by atoms with E-state index >= 15 is 0 Å². The van der Waals surface area contributed by atoms with Crippen LogP contribution in [0, 0.1) is 0 Å². The van der Waals surface area contributed by atoms with E-state index in [4.69, 9.17) is 4.74 Å². The summed E-state index contributed by atoms with van der Waals surface area (Å²) >= 11 is 0. The van der Waals surface area contributed by atoms with Gasteiger partial charge in [0.1, 0.15) is 6.04 Å². The first kappa shape index (κ1) is 12.6. The van der Waals surface area contributed by atoms with Crippen LogP contribution in [0.25, 0.3) is 10.8 Å². The highest BCUT2D eigenvalue weighted by molar-refractivity contribution is 6.21. The Bertz CT molecular complexity index is 686. The van der Waals surface area contributed by atoms with Crippen molar-refractivity contribution in [3.8, 4) is 0 Å². The highest BCUT2D eigenvalue weighted by Gasteiger charge is 2.38. The zero-order valence-corrected chi connectivity index (χ0v) is 10.9. The fourth-order valence-electron chi connectivity index (χ4n) is 2.27. The van der Waals surface area contributed by atoms with Crippen LogP contribution in [0.5, 0.6) is 0 Å². The van der Waals surface area contributed by atoms with Crippen molar-refractivity contribution in [3.63, 3.8) is 0 Å². The van der Waals surface area contributed by atoms with Gasteiger partial charge in [-0.1, -0.05) is 6.07 Å². The normalized spacial score (nSPS) is 18.6. The molecule has 1 aromatic heterocycles. The number of nitrogens with zero attached hydrogens (tertiary/aromatic N) is 2. The molecule has 6 nitrogen and oxygen atoms in total. The second-order valence-electron chi connectivity index (χ2n) is 4.54. The molecular weight excluding hydrogens is 258 g/mol. The smallest absolute Gasteiger partial charge is 0.329 e. The van der Waals surface area contributed by atoms with Gasteiger partial charge < -0.3 is 10.1 Å². The van der Waals surface area contributed by atoms with Crippen molar-refractivity contribution in [2.75, 3.05) is 18.6 Å². The second-order valence-corrected chi connectivity index (χ2v) is 4.54. The van der Waals surface area contributed by atoms with Crippen molar-refractivity contribution in [1.29, 1.82) is 0 Å². The van der Waals surface area contributed by atoms with Gasteiger partial charge in [0.15, 0.2) is 0 Å². The minimum Gasteiger partial charge on any atom is -0.382 e.